The van der Waals surface area contributed by atoms with Crippen LogP contribution in [0.3, 0.4) is 0 Å². The molecule has 0 radical (unpaired) electrons. The van der Waals surface area contributed by atoms with Crippen LogP contribution in [0.4, 0.5) is 0 Å². The minimum Gasteiger partial charge on any atom is -0.103 e. The summed E-state index contributed by atoms with van der Waals surface area (Å²) in [6, 6.07) is 10.8. The highest BCUT2D eigenvalue weighted by Gasteiger charge is 2.42. The summed E-state index contributed by atoms with van der Waals surface area (Å²) in [4.78, 5) is 0. The molecule has 1 fully saturated rings. The third kappa shape index (κ3) is 2.43. The van der Waals surface area contributed by atoms with Crippen molar-refractivity contribution in [1.82, 2.24) is 0 Å². The van der Waals surface area contributed by atoms with Gasteiger partial charge in [0.2, 0.25) is 0 Å². The van der Waals surface area contributed by atoms with E-state index in [4.69, 9.17) is 0 Å². The molecule has 0 heterocycles. The highest BCUT2D eigenvalue weighted by atomic mass is 14.5. The molecule has 0 heteroatoms. The number of rotatable bonds is 5. The van der Waals surface area contributed by atoms with Gasteiger partial charge in [0.05, 0.1) is 0 Å². The Bertz CT molecular complexity index is 385. The standard InChI is InChI=1S/C18H24/c1-4-16-11-12-17(5-2)18(16,3)14-13-15-9-7-6-8-10-15/h4-10,16-17H,1-2,11-14H2,3H3. The summed E-state index contributed by atoms with van der Waals surface area (Å²) in [7, 11) is 0. The minimum atomic E-state index is 0.347. The van der Waals surface area contributed by atoms with Crippen molar-refractivity contribution in [3.05, 3.63) is 61.2 Å². The first kappa shape index (κ1) is 13.1. The van der Waals surface area contributed by atoms with Gasteiger partial charge in [0.25, 0.3) is 0 Å². The summed E-state index contributed by atoms with van der Waals surface area (Å²) in [5.74, 6) is 1.29. The van der Waals surface area contributed by atoms with Gasteiger partial charge in [0, 0.05) is 0 Å². The van der Waals surface area contributed by atoms with Crippen molar-refractivity contribution >= 4 is 0 Å². The van der Waals surface area contributed by atoms with Crippen LogP contribution in [0, 0.1) is 17.3 Å². The average molecular weight is 240 g/mol. The van der Waals surface area contributed by atoms with Gasteiger partial charge in [-0.1, -0.05) is 49.4 Å². The summed E-state index contributed by atoms with van der Waals surface area (Å²) in [5.41, 5.74) is 1.79. The number of hydrogen-bond donors (Lipinski definition) is 0. The predicted molar refractivity (Wildman–Crippen MR) is 79.5 cm³/mol. The Morgan fingerprint density at radius 2 is 1.67 bits per heavy atom. The van der Waals surface area contributed by atoms with E-state index in [0.717, 1.165) is 6.42 Å². The summed E-state index contributed by atoms with van der Waals surface area (Å²) >= 11 is 0. The molecule has 0 N–H and O–H groups in total. The van der Waals surface area contributed by atoms with E-state index in [2.05, 4.69) is 62.6 Å². The molecule has 2 unspecified atom stereocenters. The van der Waals surface area contributed by atoms with E-state index >= 15 is 0 Å². The first-order valence-electron chi connectivity index (χ1n) is 6.99. The SMILES string of the molecule is C=CC1CCC(C=C)C1(C)CCc1ccccc1. The van der Waals surface area contributed by atoms with E-state index in [9.17, 15) is 0 Å². The molecule has 0 spiro atoms. The lowest BCUT2D eigenvalue weighted by molar-refractivity contribution is 0.201. The Balaban J connectivity index is 2.09. The van der Waals surface area contributed by atoms with Crippen molar-refractivity contribution in [2.45, 2.75) is 32.6 Å². The number of allylic oxidation sites excluding steroid dienone is 2. The van der Waals surface area contributed by atoms with Crippen molar-refractivity contribution < 1.29 is 0 Å². The molecule has 0 saturated heterocycles. The van der Waals surface area contributed by atoms with Gasteiger partial charge in [-0.3, -0.25) is 0 Å². The maximum Gasteiger partial charge on any atom is -0.0176 e. The van der Waals surface area contributed by atoms with Gasteiger partial charge in [0.15, 0.2) is 0 Å². The second-order valence-electron chi connectivity index (χ2n) is 5.75. The van der Waals surface area contributed by atoms with Crippen molar-refractivity contribution in [3.63, 3.8) is 0 Å². The number of hydrogen-bond acceptors (Lipinski definition) is 0. The smallest absolute Gasteiger partial charge is 0.0176 e. The normalized spacial score (nSPS) is 31.2. The van der Waals surface area contributed by atoms with E-state index in [0.29, 0.717) is 17.3 Å². The number of aryl methyl sites for hydroxylation is 1. The molecular weight excluding hydrogens is 216 g/mol. The minimum absolute atomic E-state index is 0.347. The molecule has 0 aliphatic heterocycles. The molecule has 0 aromatic heterocycles. The second kappa shape index (κ2) is 5.56. The lowest BCUT2D eigenvalue weighted by atomic mass is 9.70. The van der Waals surface area contributed by atoms with Gasteiger partial charge in [-0.15, -0.1) is 13.2 Å². The van der Waals surface area contributed by atoms with Crippen LogP contribution in [0.2, 0.25) is 0 Å². The van der Waals surface area contributed by atoms with E-state index in [1.54, 1.807) is 0 Å². The lowest BCUT2D eigenvalue weighted by Gasteiger charge is -2.34. The van der Waals surface area contributed by atoms with Crippen LogP contribution in [-0.4, -0.2) is 0 Å². The molecule has 2 rings (SSSR count). The Kier molecular flexibility index (Phi) is 4.06. The van der Waals surface area contributed by atoms with Crippen LogP contribution in [-0.2, 0) is 6.42 Å². The number of benzene rings is 1. The molecule has 0 bridgehead atoms. The fraction of sp³-hybridized carbons (Fsp3) is 0.444. The largest absolute Gasteiger partial charge is 0.103 e. The van der Waals surface area contributed by atoms with Crippen molar-refractivity contribution in [2.24, 2.45) is 17.3 Å². The zero-order chi connectivity index (χ0) is 13.0. The Labute approximate surface area is 111 Å². The molecule has 96 valence electrons. The van der Waals surface area contributed by atoms with Crippen LogP contribution >= 0.6 is 0 Å². The Morgan fingerprint density at radius 1 is 1.11 bits per heavy atom. The van der Waals surface area contributed by atoms with Gasteiger partial charge in [-0.25, -0.2) is 0 Å². The van der Waals surface area contributed by atoms with Crippen molar-refractivity contribution in [2.75, 3.05) is 0 Å². The van der Waals surface area contributed by atoms with Gasteiger partial charge < -0.3 is 0 Å². The Hall–Kier alpha value is -1.30. The van der Waals surface area contributed by atoms with E-state index in [1.807, 2.05) is 0 Å². The van der Waals surface area contributed by atoms with Crippen LogP contribution in [0.25, 0.3) is 0 Å². The maximum absolute atomic E-state index is 4.03. The first-order valence-corrected chi connectivity index (χ1v) is 6.99. The molecule has 1 aromatic carbocycles. The summed E-state index contributed by atoms with van der Waals surface area (Å²) in [6.45, 7) is 10.5. The van der Waals surface area contributed by atoms with Gasteiger partial charge >= 0.3 is 0 Å². The van der Waals surface area contributed by atoms with Crippen LogP contribution in [0.5, 0.6) is 0 Å². The monoisotopic (exact) mass is 240 g/mol. The van der Waals surface area contributed by atoms with Crippen LogP contribution < -0.4 is 0 Å². The van der Waals surface area contributed by atoms with E-state index in [1.165, 1.54) is 24.8 Å². The Morgan fingerprint density at radius 3 is 2.17 bits per heavy atom. The summed E-state index contributed by atoms with van der Waals surface area (Å²) in [5, 5.41) is 0. The molecule has 0 amide bonds. The van der Waals surface area contributed by atoms with E-state index in [-0.39, 0.29) is 0 Å². The van der Waals surface area contributed by atoms with E-state index < -0.39 is 0 Å². The maximum atomic E-state index is 4.03. The molecule has 18 heavy (non-hydrogen) atoms. The molecule has 2 atom stereocenters. The molecular formula is C18H24. The van der Waals surface area contributed by atoms with Gasteiger partial charge in [0.1, 0.15) is 0 Å². The fourth-order valence-electron chi connectivity index (χ4n) is 3.50. The van der Waals surface area contributed by atoms with Gasteiger partial charge in [-0.2, -0.15) is 0 Å². The van der Waals surface area contributed by atoms with Gasteiger partial charge in [-0.05, 0) is 48.5 Å². The topological polar surface area (TPSA) is 0 Å². The summed E-state index contributed by atoms with van der Waals surface area (Å²) in [6.07, 6.45) is 9.25. The van der Waals surface area contributed by atoms with Crippen molar-refractivity contribution in [1.29, 1.82) is 0 Å². The second-order valence-corrected chi connectivity index (χ2v) is 5.75. The van der Waals surface area contributed by atoms with Crippen molar-refractivity contribution in [3.8, 4) is 0 Å². The first-order chi connectivity index (χ1) is 8.70. The van der Waals surface area contributed by atoms with Crippen LogP contribution in [0.15, 0.2) is 55.6 Å². The lowest BCUT2D eigenvalue weighted by Crippen LogP contribution is -2.27. The molecule has 1 saturated carbocycles. The fourth-order valence-corrected chi connectivity index (χ4v) is 3.50. The van der Waals surface area contributed by atoms with Crippen LogP contribution in [0.1, 0.15) is 31.7 Å². The molecule has 1 aromatic rings. The third-order valence-electron chi connectivity index (χ3n) is 4.85. The zero-order valence-corrected chi connectivity index (χ0v) is 11.4. The predicted octanol–water partition coefficient (Wildman–Crippen LogP) is 5.02. The third-order valence-corrected chi connectivity index (χ3v) is 4.85. The highest BCUT2D eigenvalue weighted by molar-refractivity contribution is 5.16. The molecule has 1 aliphatic carbocycles. The zero-order valence-electron chi connectivity index (χ0n) is 11.4. The highest BCUT2D eigenvalue weighted by Crippen LogP contribution is 2.51. The average Bonchev–Trinajstić information content (AvgIpc) is 2.74. The quantitative estimate of drug-likeness (QED) is 0.634. The summed E-state index contributed by atoms with van der Waals surface area (Å²) < 4.78 is 0. The molecule has 1 aliphatic rings. The molecule has 0 nitrogen and oxygen atoms in total.